The van der Waals surface area contributed by atoms with Gasteiger partial charge in [-0.25, -0.2) is 9.78 Å². The summed E-state index contributed by atoms with van der Waals surface area (Å²) in [5.74, 6) is -1.10. The van der Waals surface area contributed by atoms with Gasteiger partial charge >= 0.3 is 5.97 Å². The van der Waals surface area contributed by atoms with Crippen LogP contribution in [0.1, 0.15) is 29.2 Å². The molecule has 0 radical (unpaired) electrons. The van der Waals surface area contributed by atoms with Gasteiger partial charge < -0.3 is 15.3 Å². The largest absolute Gasteiger partial charge is 0.476 e. The highest BCUT2D eigenvalue weighted by atomic mass is 32.1. The number of amides is 1. The van der Waals surface area contributed by atoms with Crippen LogP contribution in [0.5, 0.6) is 0 Å². The molecule has 0 bridgehead atoms. The van der Waals surface area contributed by atoms with Crippen molar-refractivity contribution in [1.82, 2.24) is 10.3 Å². The van der Waals surface area contributed by atoms with Crippen molar-refractivity contribution < 1.29 is 14.7 Å². The summed E-state index contributed by atoms with van der Waals surface area (Å²) in [6.45, 7) is 6.51. The molecule has 1 fully saturated rings. The molecule has 2 heterocycles. The zero-order chi connectivity index (χ0) is 13.5. The van der Waals surface area contributed by atoms with Crippen LogP contribution in [0, 0.1) is 6.92 Å². The number of nitrogens with zero attached hydrogens (tertiary/aromatic N) is 2. The van der Waals surface area contributed by atoms with E-state index in [1.807, 2.05) is 4.90 Å². The molecule has 0 atom stereocenters. The summed E-state index contributed by atoms with van der Waals surface area (Å²) in [6.07, 6.45) is 0. The molecule has 0 aliphatic carbocycles. The Kier molecular flexibility index (Phi) is 3.02. The molecule has 1 aromatic rings. The van der Waals surface area contributed by atoms with E-state index < -0.39 is 11.5 Å². The number of aromatic carboxylic acids is 1. The van der Waals surface area contributed by atoms with E-state index in [0.717, 1.165) is 0 Å². The standard InChI is InChI=1S/C11H15N3O3S/c1-6-7(8(15)16)13-10(18-6)14-5-4-12-9(17)11(14,2)3/h4-5H2,1-3H3,(H,12,17)(H,15,16). The molecule has 1 aliphatic heterocycles. The Labute approximate surface area is 109 Å². The molecule has 2 rings (SSSR count). The number of piperazine rings is 1. The van der Waals surface area contributed by atoms with Crippen molar-refractivity contribution in [3.63, 3.8) is 0 Å². The number of carboxylic acid groups (broad SMARTS) is 1. The van der Waals surface area contributed by atoms with Crippen molar-refractivity contribution in [2.45, 2.75) is 26.3 Å². The molecule has 1 amide bonds. The summed E-state index contributed by atoms with van der Waals surface area (Å²) >= 11 is 1.31. The molecular formula is C11H15N3O3S. The Bertz CT molecular complexity index is 510. The van der Waals surface area contributed by atoms with Gasteiger partial charge in [0.25, 0.3) is 0 Å². The van der Waals surface area contributed by atoms with Gasteiger partial charge in [-0.1, -0.05) is 0 Å². The molecule has 7 heteroatoms. The summed E-state index contributed by atoms with van der Waals surface area (Å²) in [4.78, 5) is 29.5. The first-order chi connectivity index (χ1) is 8.34. The van der Waals surface area contributed by atoms with E-state index in [1.54, 1.807) is 20.8 Å². The van der Waals surface area contributed by atoms with E-state index in [4.69, 9.17) is 5.11 Å². The predicted molar refractivity (Wildman–Crippen MR) is 68.2 cm³/mol. The second kappa shape index (κ2) is 4.24. The fraction of sp³-hybridized carbons (Fsp3) is 0.545. The van der Waals surface area contributed by atoms with Gasteiger partial charge in [-0.05, 0) is 20.8 Å². The van der Waals surface area contributed by atoms with Gasteiger partial charge in [0.05, 0.1) is 0 Å². The number of carboxylic acids is 1. The highest BCUT2D eigenvalue weighted by Gasteiger charge is 2.39. The van der Waals surface area contributed by atoms with Crippen LogP contribution in [0.3, 0.4) is 0 Å². The number of aromatic nitrogens is 1. The third-order valence-electron chi connectivity index (χ3n) is 3.07. The van der Waals surface area contributed by atoms with Crippen molar-refractivity contribution in [2.24, 2.45) is 0 Å². The Morgan fingerprint density at radius 3 is 2.78 bits per heavy atom. The van der Waals surface area contributed by atoms with Crippen LogP contribution in [0.4, 0.5) is 5.13 Å². The normalized spacial score (nSPS) is 18.6. The van der Waals surface area contributed by atoms with Crippen molar-refractivity contribution in [3.05, 3.63) is 10.6 Å². The summed E-state index contributed by atoms with van der Waals surface area (Å²) < 4.78 is 0. The first-order valence-electron chi connectivity index (χ1n) is 5.60. The van der Waals surface area contributed by atoms with E-state index in [-0.39, 0.29) is 11.6 Å². The van der Waals surface area contributed by atoms with Crippen molar-refractivity contribution in [3.8, 4) is 0 Å². The zero-order valence-corrected chi connectivity index (χ0v) is 11.3. The van der Waals surface area contributed by atoms with Crippen molar-refractivity contribution in [1.29, 1.82) is 0 Å². The molecule has 1 aliphatic rings. The number of carbonyl (C=O) groups is 2. The Morgan fingerprint density at radius 1 is 1.56 bits per heavy atom. The van der Waals surface area contributed by atoms with Crippen LogP contribution in [0.15, 0.2) is 0 Å². The van der Waals surface area contributed by atoms with E-state index >= 15 is 0 Å². The lowest BCUT2D eigenvalue weighted by Crippen LogP contribution is -2.62. The van der Waals surface area contributed by atoms with Crippen LogP contribution >= 0.6 is 11.3 Å². The molecule has 98 valence electrons. The smallest absolute Gasteiger partial charge is 0.355 e. The van der Waals surface area contributed by atoms with Gasteiger partial charge in [-0.15, -0.1) is 11.3 Å². The van der Waals surface area contributed by atoms with E-state index in [0.29, 0.717) is 23.1 Å². The van der Waals surface area contributed by atoms with Crippen molar-refractivity contribution >= 4 is 28.3 Å². The Balaban J connectivity index is 2.39. The fourth-order valence-corrected chi connectivity index (χ4v) is 3.00. The average Bonchev–Trinajstić information content (AvgIpc) is 2.64. The Morgan fingerprint density at radius 2 is 2.22 bits per heavy atom. The maximum Gasteiger partial charge on any atom is 0.355 e. The summed E-state index contributed by atoms with van der Waals surface area (Å²) in [6, 6.07) is 0. The molecule has 18 heavy (non-hydrogen) atoms. The van der Waals surface area contributed by atoms with E-state index in [9.17, 15) is 9.59 Å². The Hall–Kier alpha value is -1.63. The first kappa shape index (κ1) is 12.8. The highest BCUT2D eigenvalue weighted by Crippen LogP contribution is 2.31. The maximum absolute atomic E-state index is 11.8. The quantitative estimate of drug-likeness (QED) is 0.832. The second-order valence-electron chi connectivity index (χ2n) is 4.67. The number of aryl methyl sites for hydroxylation is 1. The van der Waals surface area contributed by atoms with Gasteiger partial charge in [-0.2, -0.15) is 0 Å². The number of thiazole rings is 1. The van der Waals surface area contributed by atoms with Crippen molar-refractivity contribution in [2.75, 3.05) is 18.0 Å². The van der Waals surface area contributed by atoms with E-state index in [2.05, 4.69) is 10.3 Å². The highest BCUT2D eigenvalue weighted by molar-refractivity contribution is 7.15. The van der Waals surface area contributed by atoms with Gasteiger partial charge in [0, 0.05) is 18.0 Å². The average molecular weight is 269 g/mol. The predicted octanol–water partition coefficient (Wildman–Crippen LogP) is 0.865. The molecule has 6 nitrogen and oxygen atoms in total. The summed E-state index contributed by atoms with van der Waals surface area (Å²) in [7, 11) is 0. The van der Waals surface area contributed by atoms with Crippen LogP contribution in [-0.4, -0.2) is 40.6 Å². The first-order valence-corrected chi connectivity index (χ1v) is 6.42. The fourth-order valence-electron chi connectivity index (χ4n) is 1.93. The van der Waals surface area contributed by atoms with Crippen LogP contribution < -0.4 is 10.2 Å². The molecule has 2 N–H and O–H groups in total. The minimum absolute atomic E-state index is 0.0665. The second-order valence-corrected chi connectivity index (χ2v) is 5.85. The number of hydrogen-bond acceptors (Lipinski definition) is 5. The minimum atomic E-state index is -1.03. The minimum Gasteiger partial charge on any atom is -0.476 e. The molecular weight excluding hydrogens is 254 g/mol. The molecule has 0 spiro atoms. The van der Waals surface area contributed by atoms with Gasteiger partial charge in [0.15, 0.2) is 10.8 Å². The third-order valence-corrected chi connectivity index (χ3v) is 4.06. The van der Waals surface area contributed by atoms with Crippen LogP contribution in [-0.2, 0) is 4.79 Å². The number of nitrogens with one attached hydrogen (secondary N) is 1. The van der Waals surface area contributed by atoms with Crippen LogP contribution in [0.2, 0.25) is 0 Å². The molecule has 0 saturated carbocycles. The SMILES string of the molecule is Cc1sc(N2CCNC(=O)C2(C)C)nc1C(=O)O. The van der Waals surface area contributed by atoms with Gasteiger partial charge in [-0.3, -0.25) is 4.79 Å². The molecule has 0 unspecified atom stereocenters. The number of carbonyl (C=O) groups excluding carboxylic acids is 1. The molecule has 1 aromatic heterocycles. The third kappa shape index (κ3) is 1.94. The summed E-state index contributed by atoms with van der Waals surface area (Å²) in [5.41, 5.74) is -0.644. The monoisotopic (exact) mass is 269 g/mol. The lowest BCUT2D eigenvalue weighted by atomic mass is 10.00. The van der Waals surface area contributed by atoms with E-state index in [1.165, 1.54) is 11.3 Å². The van der Waals surface area contributed by atoms with Gasteiger partial charge in [0.2, 0.25) is 5.91 Å². The topological polar surface area (TPSA) is 82.5 Å². The molecule has 1 saturated heterocycles. The maximum atomic E-state index is 11.8. The number of hydrogen-bond donors (Lipinski definition) is 2. The lowest BCUT2D eigenvalue weighted by Gasteiger charge is -2.41. The van der Waals surface area contributed by atoms with Crippen LogP contribution in [0.25, 0.3) is 0 Å². The zero-order valence-electron chi connectivity index (χ0n) is 10.5. The van der Waals surface area contributed by atoms with Gasteiger partial charge in [0.1, 0.15) is 5.54 Å². The number of anilines is 1. The molecule has 0 aromatic carbocycles. The number of rotatable bonds is 2. The lowest BCUT2D eigenvalue weighted by molar-refractivity contribution is -0.126. The summed E-state index contributed by atoms with van der Waals surface area (Å²) in [5, 5.41) is 12.4.